The third-order valence-corrected chi connectivity index (χ3v) is 4.74. The molecule has 1 N–H and O–H groups in total. The average Bonchev–Trinajstić information content (AvgIpc) is 2.69. The van der Waals surface area contributed by atoms with E-state index in [0.717, 1.165) is 17.3 Å². The van der Waals surface area contributed by atoms with Gasteiger partial charge in [0.05, 0.1) is 12.1 Å². The van der Waals surface area contributed by atoms with Gasteiger partial charge in [-0.1, -0.05) is 23.7 Å². The summed E-state index contributed by atoms with van der Waals surface area (Å²) in [4.78, 5) is 24.5. The minimum Gasteiger partial charge on any atom is -0.322 e. The fourth-order valence-electron chi connectivity index (χ4n) is 3.21. The summed E-state index contributed by atoms with van der Waals surface area (Å²) >= 11 is 6.05. The maximum absolute atomic E-state index is 14.3. The monoisotopic (exact) mass is 412 g/mol. The van der Waals surface area contributed by atoms with Crippen LogP contribution in [0.4, 0.5) is 20.3 Å². The number of nitrogens with one attached hydrogen (secondary N) is 1. The fraction of sp³-hybridized carbons (Fsp3) is 0.0952. The molecule has 29 heavy (non-hydrogen) atoms. The van der Waals surface area contributed by atoms with Crippen molar-refractivity contribution >= 4 is 34.0 Å². The third-order valence-electron chi connectivity index (χ3n) is 4.53. The molecule has 0 aliphatic carbocycles. The molecule has 8 heteroatoms. The van der Waals surface area contributed by atoms with E-state index < -0.39 is 17.2 Å². The number of aromatic amines is 1. The quantitative estimate of drug-likeness (QED) is 0.484. The van der Waals surface area contributed by atoms with E-state index in [1.54, 1.807) is 6.07 Å². The minimum atomic E-state index is -1.09. The van der Waals surface area contributed by atoms with Crippen molar-refractivity contribution in [2.24, 2.45) is 0 Å². The zero-order valence-electron chi connectivity index (χ0n) is 15.3. The van der Waals surface area contributed by atoms with Crippen LogP contribution in [0.1, 0.15) is 11.1 Å². The maximum atomic E-state index is 14.3. The van der Waals surface area contributed by atoms with Crippen LogP contribution in [-0.2, 0) is 6.54 Å². The number of halogens is 3. The van der Waals surface area contributed by atoms with E-state index >= 15 is 0 Å². The number of aromatic nitrogens is 3. The van der Waals surface area contributed by atoms with Crippen LogP contribution in [0.25, 0.3) is 10.9 Å². The van der Waals surface area contributed by atoms with E-state index in [2.05, 4.69) is 15.0 Å². The van der Waals surface area contributed by atoms with E-state index in [-0.39, 0.29) is 17.2 Å². The van der Waals surface area contributed by atoms with Crippen molar-refractivity contribution in [3.05, 3.63) is 93.1 Å². The summed E-state index contributed by atoms with van der Waals surface area (Å²) in [5.74, 6) is -1.61. The molecule has 4 aromatic rings. The predicted molar refractivity (Wildman–Crippen MR) is 109 cm³/mol. The Morgan fingerprint density at radius 3 is 2.69 bits per heavy atom. The Kier molecular flexibility index (Phi) is 4.98. The number of hydrogen-bond acceptors (Lipinski definition) is 4. The zero-order valence-corrected chi connectivity index (χ0v) is 16.0. The molecule has 146 valence electrons. The summed E-state index contributed by atoms with van der Waals surface area (Å²) in [6.45, 7) is 2.14. The van der Waals surface area contributed by atoms with Gasteiger partial charge in [0.15, 0.2) is 11.6 Å². The van der Waals surface area contributed by atoms with Gasteiger partial charge in [0, 0.05) is 23.2 Å². The second kappa shape index (κ2) is 7.60. The summed E-state index contributed by atoms with van der Waals surface area (Å²) in [5.41, 5.74) is 1.64. The summed E-state index contributed by atoms with van der Waals surface area (Å²) in [6, 6.07) is 13.1. The number of aryl methyl sites for hydroxylation is 1. The highest BCUT2D eigenvalue weighted by atomic mass is 35.5. The predicted octanol–water partition coefficient (Wildman–Crippen LogP) is 4.90. The molecule has 2 aromatic carbocycles. The van der Waals surface area contributed by atoms with Gasteiger partial charge in [-0.2, -0.15) is 0 Å². The van der Waals surface area contributed by atoms with Crippen LogP contribution < -0.4 is 10.5 Å². The van der Waals surface area contributed by atoms with Gasteiger partial charge < -0.3 is 9.88 Å². The van der Waals surface area contributed by atoms with Gasteiger partial charge in [-0.15, -0.1) is 0 Å². The largest absolute Gasteiger partial charge is 0.322 e. The lowest BCUT2D eigenvalue weighted by Crippen LogP contribution is -2.20. The van der Waals surface area contributed by atoms with Crippen molar-refractivity contribution in [1.82, 2.24) is 15.0 Å². The number of benzene rings is 2. The second-order valence-corrected chi connectivity index (χ2v) is 6.95. The number of anilines is 2. The summed E-state index contributed by atoms with van der Waals surface area (Å²) in [5, 5.41) is 0.665. The lowest BCUT2D eigenvalue weighted by Gasteiger charge is -2.25. The van der Waals surface area contributed by atoms with Gasteiger partial charge in [-0.3, -0.25) is 4.79 Å². The fourth-order valence-corrected chi connectivity index (χ4v) is 3.35. The average molecular weight is 413 g/mol. The molecule has 0 unspecified atom stereocenters. The highest BCUT2D eigenvalue weighted by Gasteiger charge is 2.17. The van der Waals surface area contributed by atoms with Gasteiger partial charge in [0.25, 0.3) is 0 Å². The van der Waals surface area contributed by atoms with E-state index in [1.807, 2.05) is 36.1 Å². The molecule has 0 fully saturated rings. The third kappa shape index (κ3) is 3.82. The molecular formula is C21H15ClF2N4O. The summed E-state index contributed by atoms with van der Waals surface area (Å²) in [6.07, 6.45) is 1.34. The molecule has 0 atom stereocenters. The highest BCUT2D eigenvalue weighted by Crippen LogP contribution is 2.30. The van der Waals surface area contributed by atoms with Crippen molar-refractivity contribution in [1.29, 1.82) is 0 Å². The van der Waals surface area contributed by atoms with Crippen molar-refractivity contribution in [2.45, 2.75) is 13.5 Å². The van der Waals surface area contributed by atoms with Gasteiger partial charge in [0.2, 0.25) is 5.56 Å². The SMILES string of the molecule is Cc1cccc(N(Cc2cc(=O)[nH]c3c(F)c(F)ccc23)c2cc(Cl)ncn2)c1. The van der Waals surface area contributed by atoms with Gasteiger partial charge in [-0.25, -0.2) is 18.7 Å². The lowest BCUT2D eigenvalue weighted by molar-refractivity contribution is 0.515. The van der Waals surface area contributed by atoms with E-state index in [9.17, 15) is 13.6 Å². The zero-order chi connectivity index (χ0) is 20.5. The van der Waals surface area contributed by atoms with E-state index in [1.165, 1.54) is 18.5 Å². The number of fused-ring (bicyclic) bond motifs is 1. The van der Waals surface area contributed by atoms with Gasteiger partial charge >= 0.3 is 0 Å². The van der Waals surface area contributed by atoms with E-state index in [0.29, 0.717) is 16.8 Å². The van der Waals surface area contributed by atoms with Crippen LogP contribution in [0, 0.1) is 18.6 Å². The molecule has 4 rings (SSSR count). The van der Waals surface area contributed by atoms with Gasteiger partial charge in [-0.05, 0) is 42.3 Å². The lowest BCUT2D eigenvalue weighted by atomic mass is 10.1. The first-order valence-electron chi connectivity index (χ1n) is 8.74. The Balaban J connectivity index is 1.89. The molecule has 5 nitrogen and oxygen atoms in total. The van der Waals surface area contributed by atoms with Crippen LogP contribution in [0.5, 0.6) is 0 Å². The molecule has 0 aliphatic rings. The molecular weight excluding hydrogens is 398 g/mol. The molecule has 0 spiro atoms. The molecule has 0 bridgehead atoms. The molecule has 0 aliphatic heterocycles. The highest BCUT2D eigenvalue weighted by molar-refractivity contribution is 6.29. The Hall–Kier alpha value is -3.32. The van der Waals surface area contributed by atoms with Crippen molar-refractivity contribution in [3.63, 3.8) is 0 Å². The first-order chi connectivity index (χ1) is 13.9. The van der Waals surface area contributed by atoms with Crippen molar-refractivity contribution < 1.29 is 8.78 Å². The van der Waals surface area contributed by atoms with Crippen LogP contribution in [-0.4, -0.2) is 15.0 Å². The summed E-state index contributed by atoms with van der Waals surface area (Å²) in [7, 11) is 0. The molecule has 0 saturated carbocycles. The first-order valence-corrected chi connectivity index (χ1v) is 9.12. The number of nitrogens with zero attached hydrogens (tertiary/aromatic N) is 3. The van der Waals surface area contributed by atoms with Crippen LogP contribution >= 0.6 is 11.6 Å². The number of H-pyrrole nitrogens is 1. The molecule has 0 amide bonds. The first kappa shape index (κ1) is 19.0. The van der Waals surface area contributed by atoms with Crippen molar-refractivity contribution in [2.75, 3.05) is 4.90 Å². The standard InChI is InChI=1S/C21H15ClF2N4O/c1-12-3-2-4-14(7-12)28(18-9-17(22)25-11-26-18)10-13-8-19(29)27-21-15(13)5-6-16(23)20(21)24/h2-9,11H,10H2,1H3,(H,27,29). The Morgan fingerprint density at radius 2 is 1.93 bits per heavy atom. The normalized spacial score (nSPS) is 11.0. The number of hydrogen-bond donors (Lipinski definition) is 1. The number of rotatable bonds is 4. The molecule has 0 saturated heterocycles. The maximum Gasteiger partial charge on any atom is 0.248 e. The van der Waals surface area contributed by atoms with Crippen LogP contribution in [0.3, 0.4) is 0 Å². The van der Waals surface area contributed by atoms with Gasteiger partial charge in [0.1, 0.15) is 17.3 Å². The van der Waals surface area contributed by atoms with Crippen molar-refractivity contribution in [3.8, 4) is 0 Å². The molecule has 2 heterocycles. The number of pyridine rings is 1. The molecule has 0 radical (unpaired) electrons. The topological polar surface area (TPSA) is 61.9 Å². The van der Waals surface area contributed by atoms with Crippen LogP contribution in [0.15, 0.2) is 59.7 Å². The Labute approximate surface area is 169 Å². The minimum absolute atomic E-state index is 0.169. The second-order valence-electron chi connectivity index (χ2n) is 6.57. The van der Waals surface area contributed by atoms with E-state index in [4.69, 9.17) is 11.6 Å². The summed E-state index contributed by atoms with van der Waals surface area (Å²) < 4.78 is 27.9. The molecule has 2 aromatic heterocycles. The smallest absolute Gasteiger partial charge is 0.248 e. The Bertz CT molecular complexity index is 1230. The van der Waals surface area contributed by atoms with Crippen LogP contribution in [0.2, 0.25) is 5.15 Å². The Morgan fingerprint density at radius 1 is 1.10 bits per heavy atom.